The van der Waals surface area contributed by atoms with Crippen LogP contribution in [0, 0.1) is 17.3 Å². The highest BCUT2D eigenvalue weighted by Gasteiger charge is 2.37. The van der Waals surface area contributed by atoms with Crippen molar-refractivity contribution in [3.63, 3.8) is 0 Å². The van der Waals surface area contributed by atoms with Crippen LogP contribution in [0.4, 0.5) is 0 Å². The van der Waals surface area contributed by atoms with E-state index in [-0.39, 0.29) is 11.3 Å². The Morgan fingerprint density at radius 3 is 2.62 bits per heavy atom. The lowest BCUT2D eigenvalue weighted by Gasteiger charge is -2.37. The molecule has 116 valence electrons. The molecule has 0 aliphatic heterocycles. The average molecular weight is 353 g/mol. The van der Waals surface area contributed by atoms with E-state index in [2.05, 4.69) is 48.8 Å². The van der Waals surface area contributed by atoms with Gasteiger partial charge in [-0.1, -0.05) is 26.8 Å². The van der Waals surface area contributed by atoms with E-state index < -0.39 is 0 Å². The van der Waals surface area contributed by atoms with Crippen LogP contribution in [0.3, 0.4) is 0 Å². The molecule has 1 aromatic carbocycles. The molecule has 0 aromatic heterocycles. The number of Topliss-reactive ketones (excluding diaryl/α,β-unsaturated/α-hetero) is 1. The quantitative estimate of drug-likeness (QED) is 0.759. The first-order chi connectivity index (χ1) is 9.83. The number of hydrogen-bond donors (Lipinski definition) is 0. The number of ether oxygens (including phenoxy) is 1. The summed E-state index contributed by atoms with van der Waals surface area (Å²) in [6.07, 6.45) is 3.87. The number of ketones is 1. The lowest BCUT2D eigenvalue weighted by Crippen LogP contribution is -2.36. The van der Waals surface area contributed by atoms with Gasteiger partial charge in [-0.25, -0.2) is 0 Å². The summed E-state index contributed by atoms with van der Waals surface area (Å²) in [4.78, 5) is 12.4. The molecular formula is C18H25BrO2. The standard InChI is InChI=1S/C18H25BrO2/c1-12-5-7-14(16(20)9-12)18(2,3)11-13-6-8-17(21-4)15(19)10-13/h6,8,10,12,14H,5,7,9,11H2,1-4H3. The van der Waals surface area contributed by atoms with Gasteiger partial charge in [-0.15, -0.1) is 0 Å². The fourth-order valence-electron chi connectivity index (χ4n) is 3.50. The van der Waals surface area contributed by atoms with Crippen LogP contribution in [0.1, 0.15) is 45.6 Å². The highest BCUT2D eigenvalue weighted by molar-refractivity contribution is 9.10. The fourth-order valence-corrected chi connectivity index (χ4v) is 4.08. The molecule has 0 heterocycles. The Bertz CT molecular complexity index is 522. The molecule has 0 saturated heterocycles. The van der Waals surface area contributed by atoms with E-state index in [9.17, 15) is 4.79 Å². The van der Waals surface area contributed by atoms with Gasteiger partial charge in [0.1, 0.15) is 11.5 Å². The Morgan fingerprint density at radius 2 is 2.05 bits per heavy atom. The predicted molar refractivity (Wildman–Crippen MR) is 89.7 cm³/mol. The highest BCUT2D eigenvalue weighted by atomic mass is 79.9. The minimum atomic E-state index is 0.00521. The van der Waals surface area contributed by atoms with Gasteiger partial charge in [0.25, 0.3) is 0 Å². The van der Waals surface area contributed by atoms with E-state index in [1.807, 2.05) is 6.07 Å². The van der Waals surface area contributed by atoms with Gasteiger partial charge in [0, 0.05) is 12.3 Å². The Hall–Kier alpha value is -0.830. The van der Waals surface area contributed by atoms with Crippen LogP contribution in [0.25, 0.3) is 0 Å². The molecule has 0 N–H and O–H groups in total. The van der Waals surface area contributed by atoms with Crippen LogP contribution in [0.5, 0.6) is 5.75 Å². The maximum atomic E-state index is 12.4. The van der Waals surface area contributed by atoms with Crippen molar-refractivity contribution in [2.45, 2.75) is 46.5 Å². The smallest absolute Gasteiger partial charge is 0.136 e. The third kappa shape index (κ3) is 3.88. The molecule has 0 radical (unpaired) electrons. The zero-order valence-corrected chi connectivity index (χ0v) is 15.0. The second-order valence-electron chi connectivity index (χ2n) is 7.04. The second kappa shape index (κ2) is 6.51. The number of carbonyl (C=O) groups is 1. The molecule has 2 nitrogen and oxygen atoms in total. The molecule has 2 unspecified atom stereocenters. The Kier molecular flexibility index (Phi) is 5.13. The van der Waals surface area contributed by atoms with Gasteiger partial charge in [-0.3, -0.25) is 4.79 Å². The topological polar surface area (TPSA) is 26.3 Å². The number of carbonyl (C=O) groups excluding carboxylic acids is 1. The van der Waals surface area contributed by atoms with Crippen LogP contribution >= 0.6 is 15.9 Å². The molecule has 21 heavy (non-hydrogen) atoms. The van der Waals surface area contributed by atoms with Gasteiger partial charge >= 0.3 is 0 Å². The summed E-state index contributed by atoms with van der Waals surface area (Å²) in [7, 11) is 1.67. The summed E-state index contributed by atoms with van der Waals surface area (Å²) in [6, 6.07) is 6.19. The first-order valence-electron chi connectivity index (χ1n) is 7.68. The van der Waals surface area contributed by atoms with E-state index in [0.717, 1.165) is 29.5 Å². The Labute approximate surface area is 136 Å². The third-order valence-electron chi connectivity index (χ3n) is 4.71. The molecule has 2 atom stereocenters. The zero-order chi connectivity index (χ0) is 15.6. The van der Waals surface area contributed by atoms with Gasteiger partial charge in [-0.05, 0) is 64.2 Å². The van der Waals surface area contributed by atoms with Gasteiger partial charge in [0.2, 0.25) is 0 Å². The largest absolute Gasteiger partial charge is 0.496 e. The minimum Gasteiger partial charge on any atom is -0.496 e. The van der Waals surface area contributed by atoms with E-state index in [4.69, 9.17) is 4.74 Å². The fraction of sp³-hybridized carbons (Fsp3) is 0.611. The lowest BCUT2D eigenvalue weighted by molar-refractivity contribution is -0.129. The van der Waals surface area contributed by atoms with Crippen LogP contribution < -0.4 is 4.74 Å². The SMILES string of the molecule is COc1ccc(CC(C)(C)C2CCC(C)CC2=O)cc1Br. The predicted octanol–water partition coefficient (Wildman–Crippen LogP) is 5.03. The Balaban J connectivity index is 2.13. The molecular weight excluding hydrogens is 328 g/mol. The molecule has 0 bridgehead atoms. The van der Waals surface area contributed by atoms with Crippen molar-refractivity contribution in [3.8, 4) is 5.75 Å². The van der Waals surface area contributed by atoms with Crippen LogP contribution in [-0.2, 0) is 11.2 Å². The van der Waals surface area contributed by atoms with Crippen molar-refractivity contribution in [3.05, 3.63) is 28.2 Å². The summed E-state index contributed by atoms with van der Waals surface area (Å²) in [6.45, 7) is 6.63. The van der Waals surface area contributed by atoms with Gasteiger partial charge in [-0.2, -0.15) is 0 Å². The minimum absolute atomic E-state index is 0.00521. The zero-order valence-electron chi connectivity index (χ0n) is 13.4. The van der Waals surface area contributed by atoms with Crippen LogP contribution in [0.15, 0.2) is 22.7 Å². The monoisotopic (exact) mass is 352 g/mol. The molecule has 1 aliphatic carbocycles. The third-order valence-corrected chi connectivity index (χ3v) is 5.33. The second-order valence-corrected chi connectivity index (χ2v) is 7.89. The first-order valence-corrected chi connectivity index (χ1v) is 8.48. The normalized spacial score (nSPS) is 23.2. The van der Waals surface area contributed by atoms with Crippen molar-refractivity contribution in [2.75, 3.05) is 7.11 Å². The van der Waals surface area contributed by atoms with Crippen molar-refractivity contribution < 1.29 is 9.53 Å². The molecule has 0 spiro atoms. The molecule has 1 fully saturated rings. The first kappa shape index (κ1) is 16.5. The van der Waals surface area contributed by atoms with Gasteiger partial charge < -0.3 is 4.74 Å². The molecule has 1 aliphatic rings. The number of hydrogen-bond acceptors (Lipinski definition) is 2. The summed E-state index contributed by atoms with van der Waals surface area (Å²) in [5.41, 5.74) is 1.25. The summed E-state index contributed by atoms with van der Waals surface area (Å²) < 4.78 is 6.25. The number of halogens is 1. The average Bonchev–Trinajstić information content (AvgIpc) is 2.37. The summed E-state index contributed by atoms with van der Waals surface area (Å²) >= 11 is 3.54. The lowest BCUT2D eigenvalue weighted by atomic mass is 9.66. The van der Waals surface area contributed by atoms with Crippen molar-refractivity contribution in [2.24, 2.45) is 17.3 Å². The molecule has 3 heteroatoms. The van der Waals surface area contributed by atoms with Gasteiger partial charge in [0.15, 0.2) is 0 Å². The summed E-state index contributed by atoms with van der Waals surface area (Å²) in [5.74, 6) is 2.04. The van der Waals surface area contributed by atoms with E-state index in [1.165, 1.54) is 12.0 Å². The Morgan fingerprint density at radius 1 is 1.33 bits per heavy atom. The number of benzene rings is 1. The van der Waals surface area contributed by atoms with Crippen molar-refractivity contribution in [1.82, 2.24) is 0 Å². The van der Waals surface area contributed by atoms with Crippen LogP contribution in [-0.4, -0.2) is 12.9 Å². The molecule has 0 amide bonds. The maximum absolute atomic E-state index is 12.4. The van der Waals surface area contributed by atoms with E-state index in [0.29, 0.717) is 11.7 Å². The number of rotatable bonds is 4. The highest BCUT2D eigenvalue weighted by Crippen LogP contribution is 2.40. The summed E-state index contributed by atoms with van der Waals surface area (Å²) in [5, 5.41) is 0. The van der Waals surface area contributed by atoms with Crippen LogP contribution in [0.2, 0.25) is 0 Å². The van der Waals surface area contributed by atoms with E-state index >= 15 is 0 Å². The van der Waals surface area contributed by atoms with E-state index in [1.54, 1.807) is 7.11 Å². The molecule has 1 saturated carbocycles. The molecule has 1 aromatic rings. The van der Waals surface area contributed by atoms with Crippen molar-refractivity contribution >= 4 is 21.7 Å². The van der Waals surface area contributed by atoms with Gasteiger partial charge in [0.05, 0.1) is 11.6 Å². The maximum Gasteiger partial charge on any atom is 0.136 e. The molecule has 2 rings (SSSR count). The van der Waals surface area contributed by atoms with Crippen molar-refractivity contribution in [1.29, 1.82) is 0 Å². The number of methoxy groups -OCH3 is 1.